The molecule has 0 spiro atoms. The smallest absolute Gasteiger partial charge is 0.142 e. The largest absolute Gasteiger partial charge is 0.497 e. The summed E-state index contributed by atoms with van der Waals surface area (Å²) in [6.07, 6.45) is 0. The molecule has 0 saturated heterocycles. The monoisotopic (exact) mass is 224 g/mol. The molecule has 1 atom stereocenters. The topological polar surface area (TPSA) is 47.7 Å². The van der Waals surface area contributed by atoms with Crippen LogP contribution in [-0.2, 0) is 0 Å². The molecule has 1 unspecified atom stereocenters. The summed E-state index contributed by atoms with van der Waals surface area (Å²) in [5, 5.41) is 0. The molecular weight excluding hydrogens is 204 g/mol. The summed E-state index contributed by atoms with van der Waals surface area (Å²) in [5.41, 5.74) is 6.64. The van der Waals surface area contributed by atoms with Gasteiger partial charge in [-0.15, -0.1) is 0 Å². The molecule has 0 radical (unpaired) electrons. The van der Waals surface area contributed by atoms with Crippen molar-refractivity contribution in [1.82, 2.24) is 0 Å². The average molecular weight is 224 g/mol. The third-order valence-electron chi connectivity index (χ3n) is 2.77. The number of ether oxygens (including phenoxy) is 2. The van der Waals surface area contributed by atoms with Crippen LogP contribution in [0.25, 0.3) is 0 Å². The van der Waals surface area contributed by atoms with Crippen molar-refractivity contribution in [3.63, 3.8) is 0 Å². The van der Waals surface area contributed by atoms with Gasteiger partial charge in [0.15, 0.2) is 0 Å². The summed E-state index contributed by atoms with van der Waals surface area (Å²) in [7, 11) is 5.30. The zero-order valence-electron chi connectivity index (χ0n) is 10.4. The second-order valence-corrected chi connectivity index (χ2v) is 3.73. The zero-order valence-corrected chi connectivity index (χ0v) is 10.4. The highest BCUT2D eigenvalue weighted by molar-refractivity contribution is 5.61. The highest BCUT2D eigenvalue weighted by Gasteiger charge is 2.13. The van der Waals surface area contributed by atoms with Crippen molar-refractivity contribution >= 4 is 5.69 Å². The van der Waals surface area contributed by atoms with Crippen LogP contribution in [0.1, 0.15) is 6.92 Å². The Balaban J connectivity index is 3.07. The van der Waals surface area contributed by atoms with Gasteiger partial charge in [-0.3, -0.25) is 0 Å². The normalized spacial score (nSPS) is 12.1. The lowest BCUT2D eigenvalue weighted by molar-refractivity contribution is 0.402. The molecule has 1 aromatic carbocycles. The molecule has 0 aliphatic heterocycles. The standard InChI is InChI=1S/C12H20N2O2/c1-9(8-13)14(2)11-7-10(15-3)5-6-12(11)16-4/h5-7,9H,8,13H2,1-4H3. The minimum atomic E-state index is 0.251. The van der Waals surface area contributed by atoms with Crippen LogP contribution in [0.2, 0.25) is 0 Å². The fourth-order valence-corrected chi connectivity index (χ4v) is 1.47. The third kappa shape index (κ3) is 2.58. The molecule has 0 amide bonds. The van der Waals surface area contributed by atoms with Gasteiger partial charge in [0.05, 0.1) is 19.9 Å². The van der Waals surface area contributed by atoms with E-state index in [0.29, 0.717) is 6.54 Å². The molecule has 16 heavy (non-hydrogen) atoms. The first kappa shape index (κ1) is 12.6. The molecule has 1 aromatic rings. The Morgan fingerprint density at radius 1 is 1.31 bits per heavy atom. The summed E-state index contributed by atoms with van der Waals surface area (Å²) in [6, 6.07) is 5.98. The van der Waals surface area contributed by atoms with E-state index in [-0.39, 0.29) is 6.04 Å². The Morgan fingerprint density at radius 2 is 2.00 bits per heavy atom. The molecule has 0 bridgehead atoms. The second-order valence-electron chi connectivity index (χ2n) is 3.73. The van der Waals surface area contributed by atoms with Gasteiger partial charge in [-0.05, 0) is 19.1 Å². The predicted molar refractivity (Wildman–Crippen MR) is 66.5 cm³/mol. The Labute approximate surface area is 96.9 Å². The van der Waals surface area contributed by atoms with Crippen molar-refractivity contribution in [2.75, 3.05) is 32.7 Å². The minimum absolute atomic E-state index is 0.251. The van der Waals surface area contributed by atoms with Gasteiger partial charge < -0.3 is 20.1 Å². The maximum atomic E-state index is 5.66. The predicted octanol–water partition coefficient (Wildman–Crippen LogP) is 1.49. The molecule has 0 aliphatic carbocycles. The number of likely N-dealkylation sites (N-methyl/N-ethyl adjacent to an activating group) is 1. The van der Waals surface area contributed by atoms with Gasteiger partial charge in [0.2, 0.25) is 0 Å². The quantitative estimate of drug-likeness (QED) is 0.823. The van der Waals surface area contributed by atoms with Crippen molar-refractivity contribution < 1.29 is 9.47 Å². The van der Waals surface area contributed by atoms with Gasteiger partial charge in [-0.2, -0.15) is 0 Å². The Morgan fingerprint density at radius 3 is 2.50 bits per heavy atom. The van der Waals surface area contributed by atoms with E-state index in [0.717, 1.165) is 17.2 Å². The van der Waals surface area contributed by atoms with Crippen molar-refractivity contribution in [2.45, 2.75) is 13.0 Å². The Kier molecular flexibility index (Phi) is 4.43. The van der Waals surface area contributed by atoms with E-state index in [1.54, 1.807) is 14.2 Å². The second kappa shape index (κ2) is 5.61. The molecular formula is C12H20N2O2. The summed E-state index contributed by atoms with van der Waals surface area (Å²) < 4.78 is 10.5. The molecule has 0 heterocycles. The summed E-state index contributed by atoms with van der Waals surface area (Å²) in [4.78, 5) is 2.08. The van der Waals surface area contributed by atoms with Gasteiger partial charge >= 0.3 is 0 Å². The number of anilines is 1. The van der Waals surface area contributed by atoms with Crippen molar-refractivity contribution in [1.29, 1.82) is 0 Å². The minimum Gasteiger partial charge on any atom is -0.497 e. The molecule has 0 saturated carbocycles. The lowest BCUT2D eigenvalue weighted by atomic mass is 10.2. The van der Waals surface area contributed by atoms with Crippen LogP contribution in [0.5, 0.6) is 11.5 Å². The maximum absolute atomic E-state index is 5.66. The first-order valence-electron chi connectivity index (χ1n) is 5.29. The molecule has 90 valence electrons. The number of hydrogen-bond donors (Lipinski definition) is 1. The number of nitrogens with zero attached hydrogens (tertiary/aromatic N) is 1. The van der Waals surface area contributed by atoms with Crippen molar-refractivity contribution in [3.8, 4) is 11.5 Å². The summed E-state index contributed by atoms with van der Waals surface area (Å²) in [5.74, 6) is 1.63. The van der Waals surface area contributed by atoms with E-state index in [9.17, 15) is 0 Å². The highest BCUT2D eigenvalue weighted by Crippen LogP contribution is 2.32. The fraction of sp³-hybridized carbons (Fsp3) is 0.500. The first-order chi connectivity index (χ1) is 7.63. The maximum Gasteiger partial charge on any atom is 0.142 e. The van der Waals surface area contributed by atoms with E-state index >= 15 is 0 Å². The molecule has 4 heteroatoms. The summed E-state index contributed by atoms with van der Waals surface area (Å²) in [6.45, 7) is 2.66. The van der Waals surface area contributed by atoms with Crippen LogP contribution in [0.3, 0.4) is 0 Å². The van der Waals surface area contributed by atoms with Crippen LogP contribution in [0.4, 0.5) is 5.69 Å². The van der Waals surface area contributed by atoms with E-state index in [1.165, 1.54) is 0 Å². The highest BCUT2D eigenvalue weighted by atomic mass is 16.5. The molecule has 0 fully saturated rings. The van der Waals surface area contributed by atoms with Crippen LogP contribution in [0.15, 0.2) is 18.2 Å². The number of nitrogens with two attached hydrogens (primary N) is 1. The average Bonchev–Trinajstić information content (AvgIpc) is 2.35. The van der Waals surface area contributed by atoms with Gasteiger partial charge in [-0.25, -0.2) is 0 Å². The zero-order chi connectivity index (χ0) is 12.1. The SMILES string of the molecule is COc1ccc(OC)c(N(C)C(C)CN)c1. The lowest BCUT2D eigenvalue weighted by Gasteiger charge is -2.27. The molecule has 4 nitrogen and oxygen atoms in total. The fourth-order valence-electron chi connectivity index (χ4n) is 1.47. The van der Waals surface area contributed by atoms with E-state index in [1.807, 2.05) is 25.2 Å². The number of benzene rings is 1. The number of hydrogen-bond acceptors (Lipinski definition) is 4. The van der Waals surface area contributed by atoms with Gasteiger partial charge in [-0.1, -0.05) is 0 Å². The Hall–Kier alpha value is -1.42. The van der Waals surface area contributed by atoms with E-state index in [4.69, 9.17) is 15.2 Å². The van der Waals surface area contributed by atoms with E-state index in [2.05, 4.69) is 11.8 Å². The number of rotatable bonds is 5. The number of methoxy groups -OCH3 is 2. The molecule has 2 N–H and O–H groups in total. The third-order valence-corrected chi connectivity index (χ3v) is 2.77. The Bertz CT molecular complexity index is 342. The van der Waals surface area contributed by atoms with Crippen molar-refractivity contribution in [3.05, 3.63) is 18.2 Å². The molecule has 0 aliphatic rings. The van der Waals surface area contributed by atoms with Gasteiger partial charge in [0, 0.05) is 25.7 Å². The molecule has 1 rings (SSSR count). The molecule has 0 aromatic heterocycles. The van der Waals surface area contributed by atoms with Crippen LogP contribution in [0, 0.1) is 0 Å². The van der Waals surface area contributed by atoms with Gasteiger partial charge in [0.1, 0.15) is 11.5 Å². The van der Waals surface area contributed by atoms with Crippen LogP contribution in [-0.4, -0.2) is 33.9 Å². The van der Waals surface area contributed by atoms with E-state index < -0.39 is 0 Å². The van der Waals surface area contributed by atoms with Gasteiger partial charge in [0.25, 0.3) is 0 Å². The van der Waals surface area contributed by atoms with Crippen molar-refractivity contribution in [2.24, 2.45) is 5.73 Å². The lowest BCUT2D eigenvalue weighted by Crippen LogP contribution is -2.35. The van der Waals surface area contributed by atoms with Crippen LogP contribution >= 0.6 is 0 Å². The summed E-state index contributed by atoms with van der Waals surface area (Å²) >= 11 is 0. The first-order valence-corrected chi connectivity index (χ1v) is 5.29. The van der Waals surface area contributed by atoms with Crippen LogP contribution < -0.4 is 20.1 Å².